The highest BCUT2D eigenvalue weighted by molar-refractivity contribution is 7.22. The van der Waals surface area contributed by atoms with Crippen LogP contribution >= 0.6 is 23.7 Å². The molecule has 0 saturated carbocycles. The van der Waals surface area contributed by atoms with E-state index in [1.807, 2.05) is 42.5 Å². The summed E-state index contributed by atoms with van der Waals surface area (Å²) in [5.41, 5.74) is 1.48. The van der Waals surface area contributed by atoms with E-state index in [0.717, 1.165) is 60.6 Å². The number of hydrogen-bond acceptors (Lipinski definition) is 6. The van der Waals surface area contributed by atoms with E-state index in [4.69, 9.17) is 14.5 Å². The maximum Gasteiger partial charge on any atom is 0.260 e. The molecule has 0 aliphatic heterocycles. The third-order valence-corrected chi connectivity index (χ3v) is 6.73. The van der Waals surface area contributed by atoms with Crippen LogP contribution in [0.1, 0.15) is 50.4 Å². The maximum absolute atomic E-state index is 13.7. The molecule has 2 aromatic carbocycles. The lowest BCUT2D eigenvalue weighted by atomic mass is 10.2. The molecule has 1 heterocycles. The van der Waals surface area contributed by atoms with Crippen molar-refractivity contribution in [1.82, 2.24) is 9.88 Å². The number of carbonyl (C=O) groups is 1. The van der Waals surface area contributed by atoms with Crippen molar-refractivity contribution in [3.8, 4) is 11.5 Å². The van der Waals surface area contributed by atoms with E-state index < -0.39 is 0 Å². The topological polar surface area (TPSA) is 54.9 Å². The molecule has 0 spiro atoms. The van der Waals surface area contributed by atoms with E-state index in [1.165, 1.54) is 11.3 Å². The van der Waals surface area contributed by atoms with Crippen LogP contribution in [0.5, 0.6) is 11.5 Å². The summed E-state index contributed by atoms with van der Waals surface area (Å²) in [5, 5.41) is 0.699. The first-order valence-corrected chi connectivity index (χ1v) is 12.6. The Labute approximate surface area is 213 Å². The predicted octanol–water partition coefficient (Wildman–Crippen LogP) is 6.28. The van der Waals surface area contributed by atoms with E-state index in [2.05, 4.69) is 25.7 Å². The summed E-state index contributed by atoms with van der Waals surface area (Å²) in [7, 11) is 1.65. The smallest absolute Gasteiger partial charge is 0.260 e. The molecule has 186 valence electrons. The molecule has 1 aromatic heterocycles. The highest BCUT2D eigenvalue weighted by Crippen LogP contribution is 2.32. The Bertz CT molecular complexity index is 1040. The Balaban J connectivity index is 0.00000408. The normalized spacial score (nSPS) is 10.9. The number of nitrogens with zero attached hydrogens (tertiary/aromatic N) is 3. The molecule has 0 fully saturated rings. The zero-order valence-electron chi connectivity index (χ0n) is 20.6. The number of rotatable bonds is 13. The van der Waals surface area contributed by atoms with Crippen molar-refractivity contribution >= 4 is 45.0 Å². The molecule has 34 heavy (non-hydrogen) atoms. The van der Waals surface area contributed by atoms with E-state index >= 15 is 0 Å². The van der Waals surface area contributed by atoms with Crippen LogP contribution in [0.2, 0.25) is 0 Å². The lowest BCUT2D eigenvalue weighted by Gasteiger charge is -2.25. The predicted molar refractivity (Wildman–Crippen MR) is 144 cm³/mol. The monoisotopic (exact) mass is 505 g/mol. The molecule has 0 bridgehead atoms. The quantitative estimate of drug-likeness (QED) is 0.256. The van der Waals surface area contributed by atoms with Crippen molar-refractivity contribution in [2.75, 3.05) is 44.8 Å². The van der Waals surface area contributed by atoms with Gasteiger partial charge in [0.25, 0.3) is 5.91 Å². The van der Waals surface area contributed by atoms with Crippen molar-refractivity contribution in [3.63, 3.8) is 0 Å². The van der Waals surface area contributed by atoms with Gasteiger partial charge in [0, 0.05) is 18.7 Å². The maximum atomic E-state index is 13.7. The molecule has 0 N–H and O–H groups in total. The minimum absolute atomic E-state index is 0. The number of aromatic nitrogens is 1. The van der Waals surface area contributed by atoms with Crippen LogP contribution < -0.4 is 14.4 Å². The molecule has 6 nitrogen and oxygen atoms in total. The van der Waals surface area contributed by atoms with Gasteiger partial charge >= 0.3 is 0 Å². The van der Waals surface area contributed by atoms with Crippen LogP contribution in [0.4, 0.5) is 5.13 Å². The van der Waals surface area contributed by atoms with Gasteiger partial charge in [-0.1, -0.05) is 51.0 Å². The van der Waals surface area contributed by atoms with Gasteiger partial charge in [0.05, 0.1) is 23.9 Å². The zero-order chi connectivity index (χ0) is 23.6. The number of fused-ring (bicyclic) bond motifs is 1. The summed E-state index contributed by atoms with van der Waals surface area (Å²) < 4.78 is 12.2. The second-order valence-electron chi connectivity index (χ2n) is 7.90. The number of thiazole rings is 1. The number of carbonyl (C=O) groups excluding carboxylic acids is 1. The van der Waals surface area contributed by atoms with E-state index in [-0.39, 0.29) is 18.3 Å². The fourth-order valence-corrected chi connectivity index (χ4v) is 4.64. The number of benzene rings is 2. The number of halogens is 1. The molecule has 8 heteroatoms. The van der Waals surface area contributed by atoms with Gasteiger partial charge in [0.1, 0.15) is 11.5 Å². The van der Waals surface area contributed by atoms with Gasteiger partial charge in [-0.25, -0.2) is 4.98 Å². The van der Waals surface area contributed by atoms with Gasteiger partial charge in [0.15, 0.2) is 5.13 Å². The summed E-state index contributed by atoms with van der Waals surface area (Å²) in [5.74, 6) is 1.45. The van der Waals surface area contributed by atoms with Crippen molar-refractivity contribution in [2.45, 2.75) is 40.0 Å². The van der Waals surface area contributed by atoms with Crippen LogP contribution in [-0.4, -0.2) is 55.7 Å². The lowest BCUT2D eigenvalue weighted by molar-refractivity contribution is 0.0983. The molecular weight excluding hydrogens is 470 g/mol. The van der Waals surface area contributed by atoms with Crippen molar-refractivity contribution in [2.24, 2.45) is 0 Å². The molecule has 1 amide bonds. The molecule has 0 radical (unpaired) electrons. The second-order valence-corrected chi connectivity index (χ2v) is 8.91. The average molecular weight is 506 g/mol. The Morgan fingerprint density at radius 3 is 2.50 bits per heavy atom. The molecule has 0 aliphatic carbocycles. The Hall–Kier alpha value is -2.35. The SMILES string of the molecule is CCCCCOc1cccc(C(=O)N(CCN(CC)CC)c2nc3ccc(OC)cc3s2)c1.Cl. The molecule has 0 aliphatic rings. The standard InChI is InChI=1S/C26H35N3O3S.ClH/c1-5-8-9-17-32-22-12-10-11-20(18-22)25(30)29(16-15-28(6-2)7-3)26-27-23-14-13-21(31-4)19-24(23)33-26;/h10-14,18-19H,5-9,15-17H2,1-4H3;1H. The fourth-order valence-electron chi connectivity index (χ4n) is 3.62. The molecule has 0 saturated heterocycles. The lowest BCUT2D eigenvalue weighted by Crippen LogP contribution is -2.38. The van der Waals surface area contributed by atoms with Crippen molar-refractivity contribution < 1.29 is 14.3 Å². The Kier molecular flexibility index (Phi) is 11.6. The van der Waals surface area contributed by atoms with Gasteiger partial charge in [0.2, 0.25) is 0 Å². The van der Waals surface area contributed by atoms with Gasteiger partial charge in [-0.3, -0.25) is 9.69 Å². The number of amides is 1. The van der Waals surface area contributed by atoms with Crippen LogP contribution in [0.15, 0.2) is 42.5 Å². The first kappa shape index (κ1) is 27.9. The zero-order valence-corrected chi connectivity index (χ0v) is 22.2. The highest BCUT2D eigenvalue weighted by atomic mass is 35.5. The fraction of sp³-hybridized carbons (Fsp3) is 0.462. The Morgan fingerprint density at radius 2 is 1.79 bits per heavy atom. The number of methoxy groups -OCH3 is 1. The third kappa shape index (κ3) is 7.32. The Morgan fingerprint density at radius 1 is 1.00 bits per heavy atom. The molecule has 0 atom stereocenters. The minimum atomic E-state index is -0.0628. The first-order chi connectivity index (χ1) is 16.1. The highest BCUT2D eigenvalue weighted by Gasteiger charge is 2.22. The van der Waals surface area contributed by atoms with Gasteiger partial charge in [-0.05, 0) is 55.9 Å². The average Bonchev–Trinajstić information content (AvgIpc) is 3.27. The van der Waals surface area contributed by atoms with E-state index in [9.17, 15) is 4.79 Å². The van der Waals surface area contributed by atoms with E-state index in [0.29, 0.717) is 23.8 Å². The second kappa shape index (κ2) is 14.1. The summed E-state index contributed by atoms with van der Waals surface area (Å²) in [4.78, 5) is 22.5. The summed E-state index contributed by atoms with van der Waals surface area (Å²) in [6.45, 7) is 10.3. The third-order valence-electron chi connectivity index (χ3n) is 5.69. The van der Waals surface area contributed by atoms with Gasteiger partial charge < -0.3 is 14.4 Å². The molecular formula is C26H36ClN3O3S. The number of anilines is 1. The largest absolute Gasteiger partial charge is 0.497 e. The summed E-state index contributed by atoms with van der Waals surface area (Å²) >= 11 is 1.51. The summed E-state index contributed by atoms with van der Waals surface area (Å²) in [6, 6.07) is 13.3. The van der Waals surface area contributed by atoms with Gasteiger partial charge in [-0.2, -0.15) is 0 Å². The minimum Gasteiger partial charge on any atom is -0.497 e. The number of ether oxygens (including phenoxy) is 2. The number of hydrogen-bond donors (Lipinski definition) is 0. The van der Waals surface area contributed by atoms with Crippen LogP contribution in [0.25, 0.3) is 10.2 Å². The van der Waals surface area contributed by atoms with Gasteiger partial charge in [-0.15, -0.1) is 12.4 Å². The molecule has 3 aromatic rings. The van der Waals surface area contributed by atoms with Crippen LogP contribution in [0, 0.1) is 0 Å². The van der Waals surface area contributed by atoms with Crippen molar-refractivity contribution in [1.29, 1.82) is 0 Å². The van der Waals surface area contributed by atoms with Crippen LogP contribution in [-0.2, 0) is 0 Å². The van der Waals surface area contributed by atoms with Crippen molar-refractivity contribution in [3.05, 3.63) is 48.0 Å². The first-order valence-electron chi connectivity index (χ1n) is 11.8. The molecule has 3 rings (SSSR count). The van der Waals surface area contributed by atoms with E-state index in [1.54, 1.807) is 12.0 Å². The van der Waals surface area contributed by atoms with Crippen LogP contribution in [0.3, 0.4) is 0 Å². The number of unbranched alkanes of at least 4 members (excludes halogenated alkanes) is 2. The number of likely N-dealkylation sites (N-methyl/N-ethyl adjacent to an activating group) is 1. The summed E-state index contributed by atoms with van der Waals surface area (Å²) in [6.07, 6.45) is 3.30. The molecule has 0 unspecified atom stereocenters.